The summed E-state index contributed by atoms with van der Waals surface area (Å²) >= 11 is 5.72. The average Bonchev–Trinajstić information content (AvgIpc) is 3.07. The topological polar surface area (TPSA) is 64.2 Å². The molecule has 0 unspecified atom stereocenters. The number of furan rings is 1. The van der Waals surface area contributed by atoms with Crippen LogP contribution < -0.4 is 0 Å². The van der Waals surface area contributed by atoms with Crippen molar-refractivity contribution in [3.63, 3.8) is 0 Å². The highest BCUT2D eigenvalue weighted by Gasteiger charge is 2.29. The molecule has 0 radical (unpaired) electrons. The quantitative estimate of drug-likeness (QED) is 0.850. The lowest BCUT2D eigenvalue weighted by Gasteiger charge is -2.31. The van der Waals surface area contributed by atoms with Gasteiger partial charge in [0.15, 0.2) is 11.0 Å². The Morgan fingerprint density at radius 1 is 1.50 bits per heavy atom. The second-order valence-corrected chi connectivity index (χ2v) is 5.37. The zero-order valence-electron chi connectivity index (χ0n) is 11.1. The minimum absolute atomic E-state index is 0.122. The van der Waals surface area contributed by atoms with E-state index in [-0.39, 0.29) is 22.8 Å². The van der Waals surface area contributed by atoms with Crippen molar-refractivity contribution in [1.29, 1.82) is 0 Å². The van der Waals surface area contributed by atoms with Gasteiger partial charge < -0.3 is 13.9 Å². The number of amides is 1. The van der Waals surface area contributed by atoms with E-state index < -0.39 is 0 Å². The highest BCUT2D eigenvalue weighted by atomic mass is 35.5. The number of aryl methyl sites for hydroxylation is 1. The largest absolute Gasteiger partial charge is 0.440 e. The van der Waals surface area contributed by atoms with Crippen molar-refractivity contribution in [1.82, 2.24) is 19.7 Å². The van der Waals surface area contributed by atoms with Gasteiger partial charge in [-0.2, -0.15) is 0 Å². The minimum Gasteiger partial charge on any atom is -0.440 e. The van der Waals surface area contributed by atoms with Crippen molar-refractivity contribution in [2.24, 2.45) is 7.05 Å². The molecule has 2 aromatic heterocycles. The Morgan fingerprint density at radius 2 is 2.35 bits per heavy atom. The van der Waals surface area contributed by atoms with Gasteiger partial charge in [-0.25, -0.2) is 0 Å². The van der Waals surface area contributed by atoms with Gasteiger partial charge in [0.25, 0.3) is 5.91 Å². The molecule has 1 atom stereocenters. The van der Waals surface area contributed by atoms with Crippen molar-refractivity contribution < 1.29 is 9.21 Å². The molecular weight excluding hydrogens is 280 g/mol. The fraction of sp³-hybridized carbons (Fsp3) is 0.462. The van der Waals surface area contributed by atoms with Crippen LogP contribution in [0.5, 0.6) is 0 Å². The summed E-state index contributed by atoms with van der Waals surface area (Å²) in [5.74, 6) is 1.29. The summed E-state index contributed by atoms with van der Waals surface area (Å²) in [5.41, 5.74) is 0. The third-order valence-electron chi connectivity index (χ3n) is 3.60. The third kappa shape index (κ3) is 2.43. The van der Waals surface area contributed by atoms with Gasteiger partial charge in [0.2, 0.25) is 0 Å². The van der Waals surface area contributed by atoms with Gasteiger partial charge in [0, 0.05) is 26.1 Å². The van der Waals surface area contributed by atoms with E-state index in [1.165, 1.54) is 0 Å². The number of likely N-dealkylation sites (tertiary alicyclic amines) is 1. The number of aromatic nitrogens is 3. The fourth-order valence-electron chi connectivity index (χ4n) is 2.62. The lowest BCUT2D eigenvalue weighted by Crippen LogP contribution is -2.39. The van der Waals surface area contributed by atoms with E-state index in [0.717, 1.165) is 25.2 Å². The van der Waals surface area contributed by atoms with Crippen LogP contribution in [0.4, 0.5) is 0 Å². The predicted octanol–water partition coefficient (Wildman–Crippen LogP) is 2.08. The summed E-state index contributed by atoms with van der Waals surface area (Å²) in [6.45, 7) is 1.36. The summed E-state index contributed by atoms with van der Waals surface area (Å²) in [4.78, 5) is 14.1. The smallest absolute Gasteiger partial charge is 0.289 e. The summed E-state index contributed by atoms with van der Waals surface area (Å²) in [7, 11) is 1.92. The van der Waals surface area contributed by atoms with Gasteiger partial charge in [0.1, 0.15) is 12.2 Å². The van der Waals surface area contributed by atoms with E-state index in [4.69, 9.17) is 16.0 Å². The Bertz CT molecular complexity index is 621. The first-order valence-corrected chi connectivity index (χ1v) is 6.91. The Labute approximate surface area is 121 Å². The van der Waals surface area contributed by atoms with Crippen LogP contribution in [0.3, 0.4) is 0 Å². The van der Waals surface area contributed by atoms with Crippen LogP contribution in [-0.4, -0.2) is 38.7 Å². The lowest BCUT2D eigenvalue weighted by atomic mass is 9.97. The number of nitrogens with zero attached hydrogens (tertiary/aromatic N) is 4. The summed E-state index contributed by atoms with van der Waals surface area (Å²) < 4.78 is 7.09. The Morgan fingerprint density at radius 3 is 3.00 bits per heavy atom. The molecule has 0 saturated carbocycles. The van der Waals surface area contributed by atoms with E-state index in [9.17, 15) is 4.79 Å². The highest BCUT2D eigenvalue weighted by Crippen LogP contribution is 2.26. The van der Waals surface area contributed by atoms with Crippen molar-refractivity contribution in [2.45, 2.75) is 18.8 Å². The monoisotopic (exact) mass is 294 g/mol. The van der Waals surface area contributed by atoms with E-state index in [0.29, 0.717) is 6.54 Å². The molecule has 1 aliphatic rings. The molecule has 7 heteroatoms. The molecule has 1 fully saturated rings. The van der Waals surface area contributed by atoms with Crippen LogP contribution >= 0.6 is 11.6 Å². The number of carbonyl (C=O) groups is 1. The van der Waals surface area contributed by atoms with Crippen LogP contribution in [0.2, 0.25) is 5.22 Å². The van der Waals surface area contributed by atoms with E-state index in [1.54, 1.807) is 23.4 Å². The number of halogens is 1. The van der Waals surface area contributed by atoms with E-state index in [2.05, 4.69) is 10.2 Å². The van der Waals surface area contributed by atoms with Crippen LogP contribution in [0, 0.1) is 0 Å². The Balaban J connectivity index is 1.75. The molecule has 1 amide bonds. The van der Waals surface area contributed by atoms with Gasteiger partial charge in [0.05, 0.1) is 0 Å². The summed E-state index contributed by atoms with van der Waals surface area (Å²) in [5, 5.41) is 8.27. The molecule has 0 spiro atoms. The molecule has 0 bridgehead atoms. The fourth-order valence-corrected chi connectivity index (χ4v) is 2.77. The third-order valence-corrected chi connectivity index (χ3v) is 3.81. The molecule has 0 aromatic carbocycles. The summed E-state index contributed by atoms with van der Waals surface area (Å²) in [6, 6.07) is 3.19. The van der Waals surface area contributed by atoms with Gasteiger partial charge in [-0.05, 0) is 36.6 Å². The molecule has 2 aromatic rings. The Kier molecular flexibility index (Phi) is 3.48. The maximum Gasteiger partial charge on any atom is 0.289 e. The second-order valence-electron chi connectivity index (χ2n) is 4.99. The highest BCUT2D eigenvalue weighted by molar-refractivity contribution is 6.29. The standard InChI is InChI=1S/C13H15ClN4O2/c1-17-8-15-16-12(17)9-3-2-6-18(7-9)13(19)10-4-5-11(14)20-10/h4-5,8-9H,2-3,6-7H2,1H3/t9-/m0/s1. The van der Waals surface area contributed by atoms with Crippen LogP contribution in [0.25, 0.3) is 0 Å². The molecule has 106 valence electrons. The first-order valence-electron chi connectivity index (χ1n) is 6.53. The molecule has 6 nitrogen and oxygen atoms in total. The normalized spacial score (nSPS) is 19.3. The molecular formula is C13H15ClN4O2. The van der Waals surface area contributed by atoms with Gasteiger partial charge in [-0.15, -0.1) is 10.2 Å². The Hall–Kier alpha value is -1.82. The number of hydrogen-bond acceptors (Lipinski definition) is 4. The molecule has 1 saturated heterocycles. The van der Waals surface area contributed by atoms with E-state index in [1.807, 2.05) is 11.6 Å². The molecule has 3 rings (SSSR count). The van der Waals surface area contributed by atoms with E-state index >= 15 is 0 Å². The average molecular weight is 295 g/mol. The van der Waals surface area contributed by atoms with Crippen molar-refractivity contribution >= 4 is 17.5 Å². The molecule has 0 N–H and O–H groups in total. The zero-order valence-corrected chi connectivity index (χ0v) is 11.9. The summed E-state index contributed by atoms with van der Waals surface area (Å²) in [6.07, 6.45) is 3.63. The maximum absolute atomic E-state index is 12.3. The number of hydrogen-bond donors (Lipinski definition) is 0. The minimum atomic E-state index is -0.122. The van der Waals surface area contributed by atoms with Crippen molar-refractivity contribution in [3.8, 4) is 0 Å². The number of piperidine rings is 1. The first-order chi connectivity index (χ1) is 9.65. The number of rotatable bonds is 2. The lowest BCUT2D eigenvalue weighted by molar-refractivity contribution is 0.0671. The van der Waals surface area contributed by atoms with Crippen LogP contribution in [-0.2, 0) is 7.05 Å². The molecule has 3 heterocycles. The molecule has 0 aliphatic carbocycles. The SMILES string of the molecule is Cn1cnnc1[C@H]1CCCN(C(=O)c2ccc(Cl)o2)C1. The maximum atomic E-state index is 12.3. The van der Waals surface area contributed by atoms with Crippen molar-refractivity contribution in [3.05, 3.63) is 35.3 Å². The van der Waals surface area contributed by atoms with Crippen LogP contribution in [0.1, 0.15) is 35.1 Å². The van der Waals surface area contributed by atoms with Gasteiger partial charge >= 0.3 is 0 Å². The predicted molar refractivity (Wildman–Crippen MR) is 72.6 cm³/mol. The molecule has 1 aliphatic heterocycles. The number of carbonyl (C=O) groups excluding carboxylic acids is 1. The van der Waals surface area contributed by atoms with Gasteiger partial charge in [-0.3, -0.25) is 4.79 Å². The molecule has 20 heavy (non-hydrogen) atoms. The van der Waals surface area contributed by atoms with Gasteiger partial charge in [-0.1, -0.05) is 0 Å². The first kappa shape index (κ1) is 13.2. The van der Waals surface area contributed by atoms with Crippen molar-refractivity contribution in [2.75, 3.05) is 13.1 Å². The zero-order chi connectivity index (χ0) is 14.1. The second kappa shape index (κ2) is 5.28. The van der Waals surface area contributed by atoms with Crippen LogP contribution in [0.15, 0.2) is 22.9 Å².